The molecule has 0 atom stereocenters. The first-order chi connectivity index (χ1) is 9.63. The summed E-state index contributed by atoms with van der Waals surface area (Å²) < 4.78 is 11.5. The molecule has 0 aliphatic rings. The summed E-state index contributed by atoms with van der Waals surface area (Å²) in [6.07, 6.45) is 3.42. The van der Waals surface area contributed by atoms with Crippen molar-refractivity contribution in [3.63, 3.8) is 0 Å². The maximum absolute atomic E-state index is 5.32. The molecule has 0 unspecified atom stereocenters. The van der Waals surface area contributed by atoms with Crippen LogP contribution in [0, 0.1) is 6.92 Å². The van der Waals surface area contributed by atoms with Crippen LogP contribution in [0.25, 0.3) is 0 Å². The highest BCUT2D eigenvalue weighted by Crippen LogP contribution is 2.36. The van der Waals surface area contributed by atoms with E-state index in [9.17, 15) is 0 Å². The normalized spacial score (nSPS) is 10.2. The highest BCUT2D eigenvalue weighted by Gasteiger charge is 2.10. The van der Waals surface area contributed by atoms with Gasteiger partial charge < -0.3 is 14.8 Å². The van der Waals surface area contributed by atoms with Gasteiger partial charge in [0.25, 0.3) is 0 Å². The summed E-state index contributed by atoms with van der Waals surface area (Å²) in [6.45, 7) is 2.53. The lowest BCUT2D eigenvalue weighted by Gasteiger charge is -2.12. The van der Waals surface area contributed by atoms with Gasteiger partial charge in [0, 0.05) is 12.7 Å². The fourth-order valence-corrected chi connectivity index (χ4v) is 2.47. The molecular weight excluding hydrogens is 322 g/mol. The number of hydrogen-bond donors (Lipinski definition) is 1. The van der Waals surface area contributed by atoms with Crippen molar-refractivity contribution in [3.05, 3.63) is 40.3 Å². The first-order valence-corrected chi connectivity index (χ1v) is 6.86. The number of nitrogens with one attached hydrogen (secondary N) is 1. The Morgan fingerprint density at radius 2 is 2.00 bits per heavy atom. The number of hydrogen-bond acceptors (Lipinski definition) is 5. The molecule has 2 aromatic rings. The first-order valence-electron chi connectivity index (χ1n) is 6.07. The summed E-state index contributed by atoms with van der Waals surface area (Å²) in [6, 6.07) is 3.91. The van der Waals surface area contributed by atoms with E-state index < -0.39 is 0 Å². The summed E-state index contributed by atoms with van der Waals surface area (Å²) in [7, 11) is 3.23. The summed E-state index contributed by atoms with van der Waals surface area (Å²) in [5.41, 5.74) is 1.93. The van der Waals surface area contributed by atoms with Crippen LogP contribution in [-0.4, -0.2) is 24.2 Å². The van der Waals surface area contributed by atoms with E-state index >= 15 is 0 Å². The number of methoxy groups -OCH3 is 2. The van der Waals surface area contributed by atoms with E-state index in [1.54, 1.807) is 26.6 Å². The van der Waals surface area contributed by atoms with Crippen molar-refractivity contribution in [1.29, 1.82) is 0 Å². The fourth-order valence-electron chi connectivity index (χ4n) is 1.81. The average molecular weight is 338 g/mol. The van der Waals surface area contributed by atoms with Crippen LogP contribution in [0.5, 0.6) is 11.5 Å². The second-order valence-electron chi connectivity index (χ2n) is 4.21. The summed E-state index contributed by atoms with van der Waals surface area (Å²) in [5.74, 6) is 2.12. The molecule has 1 aromatic carbocycles. The molecule has 0 aliphatic carbocycles. The molecule has 1 heterocycles. The zero-order valence-corrected chi connectivity index (χ0v) is 13.2. The molecule has 0 saturated heterocycles. The molecule has 5 nitrogen and oxygen atoms in total. The predicted molar refractivity (Wildman–Crippen MR) is 81.3 cm³/mol. The van der Waals surface area contributed by atoms with E-state index in [1.807, 2.05) is 19.1 Å². The van der Waals surface area contributed by atoms with Gasteiger partial charge in [0.15, 0.2) is 11.5 Å². The molecule has 0 bridgehead atoms. The lowest BCUT2D eigenvalue weighted by atomic mass is 10.2. The molecule has 1 N–H and O–H groups in total. The van der Waals surface area contributed by atoms with E-state index in [-0.39, 0.29) is 0 Å². The van der Waals surface area contributed by atoms with Gasteiger partial charge in [-0.1, -0.05) is 0 Å². The zero-order valence-electron chi connectivity index (χ0n) is 11.6. The molecule has 0 radical (unpaired) electrons. The molecule has 0 aliphatic heterocycles. The Kier molecular flexibility index (Phi) is 4.79. The minimum Gasteiger partial charge on any atom is -0.493 e. The second kappa shape index (κ2) is 6.56. The van der Waals surface area contributed by atoms with Crippen molar-refractivity contribution >= 4 is 21.7 Å². The Hall–Kier alpha value is -1.82. The molecule has 0 saturated carbocycles. The Labute approximate surface area is 126 Å². The average Bonchev–Trinajstić information content (AvgIpc) is 2.44. The van der Waals surface area contributed by atoms with E-state index in [0.717, 1.165) is 21.5 Å². The number of aromatic nitrogens is 2. The Balaban J connectivity index is 2.16. The van der Waals surface area contributed by atoms with Crippen molar-refractivity contribution in [1.82, 2.24) is 9.97 Å². The third-order valence-corrected chi connectivity index (χ3v) is 3.31. The van der Waals surface area contributed by atoms with Gasteiger partial charge in [0.05, 0.1) is 30.6 Å². The highest BCUT2D eigenvalue weighted by atomic mass is 79.9. The monoisotopic (exact) mass is 337 g/mol. The number of halogens is 1. The van der Waals surface area contributed by atoms with Crippen LogP contribution in [0.3, 0.4) is 0 Å². The van der Waals surface area contributed by atoms with E-state index in [2.05, 4.69) is 31.2 Å². The minimum atomic E-state index is 0.622. The van der Waals surface area contributed by atoms with Crippen LogP contribution >= 0.6 is 15.9 Å². The third kappa shape index (κ3) is 3.39. The van der Waals surface area contributed by atoms with Gasteiger partial charge in [-0.3, -0.25) is 4.98 Å². The summed E-state index contributed by atoms with van der Waals surface area (Å²) >= 11 is 3.48. The smallest absolute Gasteiger partial charge is 0.174 e. The topological polar surface area (TPSA) is 56.3 Å². The Bertz CT molecular complexity index is 605. The van der Waals surface area contributed by atoms with Crippen LogP contribution in [0.2, 0.25) is 0 Å². The molecule has 106 valence electrons. The largest absolute Gasteiger partial charge is 0.493 e. The van der Waals surface area contributed by atoms with Gasteiger partial charge in [0.2, 0.25) is 0 Å². The van der Waals surface area contributed by atoms with Crippen molar-refractivity contribution in [2.45, 2.75) is 13.5 Å². The van der Waals surface area contributed by atoms with Gasteiger partial charge in [-0.05, 0) is 40.5 Å². The van der Waals surface area contributed by atoms with Gasteiger partial charge in [0.1, 0.15) is 5.82 Å². The van der Waals surface area contributed by atoms with Crippen molar-refractivity contribution in [2.24, 2.45) is 0 Å². The van der Waals surface area contributed by atoms with E-state index in [0.29, 0.717) is 18.0 Å². The molecule has 6 heteroatoms. The number of aryl methyl sites for hydroxylation is 1. The van der Waals surface area contributed by atoms with Crippen LogP contribution < -0.4 is 14.8 Å². The summed E-state index contributed by atoms with van der Waals surface area (Å²) in [5, 5.41) is 3.23. The molecule has 1 aromatic heterocycles. The van der Waals surface area contributed by atoms with E-state index in [4.69, 9.17) is 9.47 Å². The number of rotatable bonds is 5. The van der Waals surface area contributed by atoms with Crippen LogP contribution in [0.4, 0.5) is 5.82 Å². The van der Waals surface area contributed by atoms with Gasteiger partial charge in [-0.2, -0.15) is 0 Å². The van der Waals surface area contributed by atoms with Crippen molar-refractivity contribution < 1.29 is 9.47 Å². The lowest BCUT2D eigenvalue weighted by molar-refractivity contribution is 0.352. The lowest BCUT2D eigenvalue weighted by Crippen LogP contribution is -2.03. The third-order valence-electron chi connectivity index (χ3n) is 2.72. The molecule has 0 fully saturated rings. The minimum absolute atomic E-state index is 0.622. The van der Waals surface area contributed by atoms with Gasteiger partial charge in [-0.15, -0.1) is 0 Å². The molecule has 20 heavy (non-hydrogen) atoms. The second-order valence-corrected chi connectivity index (χ2v) is 5.07. The number of nitrogens with zero attached hydrogens (tertiary/aromatic N) is 2. The molecule has 2 rings (SSSR count). The predicted octanol–water partition coefficient (Wildman–Crippen LogP) is 3.18. The van der Waals surface area contributed by atoms with Crippen molar-refractivity contribution in [3.8, 4) is 11.5 Å². The quantitative estimate of drug-likeness (QED) is 0.907. The number of anilines is 1. The maximum atomic E-state index is 5.32. The maximum Gasteiger partial charge on any atom is 0.174 e. The zero-order chi connectivity index (χ0) is 14.5. The van der Waals surface area contributed by atoms with Gasteiger partial charge in [-0.25, -0.2) is 4.98 Å². The molecule has 0 spiro atoms. The SMILES string of the molecule is COc1cc(CNc2cncc(C)n2)cc(Br)c1OC. The Morgan fingerprint density at radius 3 is 2.65 bits per heavy atom. The van der Waals surface area contributed by atoms with E-state index in [1.165, 1.54) is 0 Å². The Morgan fingerprint density at radius 1 is 1.20 bits per heavy atom. The molecular formula is C14H16BrN3O2. The van der Waals surface area contributed by atoms with Gasteiger partial charge >= 0.3 is 0 Å². The first kappa shape index (κ1) is 14.6. The summed E-state index contributed by atoms with van der Waals surface area (Å²) in [4.78, 5) is 8.44. The van der Waals surface area contributed by atoms with Crippen LogP contribution in [-0.2, 0) is 6.54 Å². The standard InChI is InChI=1S/C14H16BrN3O2/c1-9-6-16-8-13(18-9)17-7-10-4-11(15)14(20-3)12(5-10)19-2/h4-6,8H,7H2,1-3H3,(H,17,18). The molecule has 0 amide bonds. The highest BCUT2D eigenvalue weighted by molar-refractivity contribution is 9.10. The van der Waals surface area contributed by atoms with Crippen LogP contribution in [0.15, 0.2) is 29.0 Å². The van der Waals surface area contributed by atoms with Crippen molar-refractivity contribution in [2.75, 3.05) is 19.5 Å². The fraction of sp³-hybridized carbons (Fsp3) is 0.286. The number of ether oxygens (including phenoxy) is 2. The number of benzene rings is 1. The van der Waals surface area contributed by atoms with Crippen LogP contribution in [0.1, 0.15) is 11.3 Å².